The standard InChI is InChI=1S/C18H16BrFN2OS/c1-12(13-5-3-2-4-6-13)9-17-21-22-18(23-17)24-11-14-7-8-15(19)10-16(14)20/h2-8,10,12H,9,11H2,1H3. The van der Waals surface area contributed by atoms with Crippen molar-refractivity contribution in [1.29, 1.82) is 0 Å². The van der Waals surface area contributed by atoms with Crippen molar-refractivity contribution < 1.29 is 8.81 Å². The third kappa shape index (κ3) is 4.45. The highest BCUT2D eigenvalue weighted by Crippen LogP contribution is 2.26. The lowest BCUT2D eigenvalue weighted by Gasteiger charge is -2.08. The molecule has 0 aliphatic rings. The molecule has 0 N–H and O–H groups in total. The van der Waals surface area contributed by atoms with Crippen LogP contribution < -0.4 is 0 Å². The summed E-state index contributed by atoms with van der Waals surface area (Å²) < 4.78 is 20.2. The molecule has 0 aliphatic carbocycles. The SMILES string of the molecule is CC(Cc1nnc(SCc2ccc(Br)cc2F)o1)c1ccccc1. The van der Waals surface area contributed by atoms with Gasteiger partial charge < -0.3 is 4.42 Å². The largest absolute Gasteiger partial charge is 0.416 e. The van der Waals surface area contributed by atoms with Crippen LogP contribution in [0.15, 0.2) is 62.6 Å². The van der Waals surface area contributed by atoms with Crippen molar-refractivity contribution in [3.05, 3.63) is 75.8 Å². The van der Waals surface area contributed by atoms with Gasteiger partial charge in [-0.2, -0.15) is 0 Å². The van der Waals surface area contributed by atoms with E-state index < -0.39 is 0 Å². The van der Waals surface area contributed by atoms with Crippen LogP contribution >= 0.6 is 27.7 Å². The lowest BCUT2D eigenvalue weighted by molar-refractivity contribution is 0.404. The van der Waals surface area contributed by atoms with E-state index in [1.165, 1.54) is 23.4 Å². The highest BCUT2D eigenvalue weighted by atomic mass is 79.9. The molecule has 6 heteroatoms. The van der Waals surface area contributed by atoms with Gasteiger partial charge in [-0.1, -0.05) is 71.0 Å². The molecule has 0 aliphatic heterocycles. The first-order valence-corrected chi connectivity index (χ1v) is 9.33. The fraction of sp³-hybridized carbons (Fsp3) is 0.222. The Bertz CT molecular complexity index is 810. The Kier molecular flexibility index (Phi) is 5.68. The summed E-state index contributed by atoms with van der Waals surface area (Å²) >= 11 is 4.59. The summed E-state index contributed by atoms with van der Waals surface area (Å²) in [6, 6.07) is 15.2. The van der Waals surface area contributed by atoms with Gasteiger partial charge in [0.05, 0.1) is 0 Å². The Morgan fingerprint density at radius 2 is 1.96 bits per heavy atom. The monoisotopic (exact) mass is 406 g/mol. The molecule has 0 fully saturated rings. The molecule has 3 nitrogen and oxygen atoms in total. The molecule has 0 spiro atoms. The van der Waals surface area contributed by atoms with E-state index in [0.717, 1.165) is 4.47 Å². The van der Waals surface area contributed by atoms with E-state index in [2.05, 4.69) is 45.2 Å². The maximum Gasteiger partial charge on any atom is 0.276 e. The minimum atomic E-state index is -0.241. The molecule has 0 bridgehead atoms. The fourth-order valence-corrected chi connectivity index (χ4v) is 3.42. The summed E-state index contributed by atoms with van der Waals surface area (Å²) in [6.45, 7) is 2.13. The van der Waals surface area contributed by atoms with Crippen molar-refractivity contribution in [3.63, 3.8) is 0 Å². The van der Waals surface area contributed by atoms with Crippen molar-refractivity contribution >= 4 is 27.7 Å². The average Bonchev–Trinajstić information content (AvgIpc) is 3.02. The van der Waals surface area contributed by atoms with Crippen LogP contribution in [0.3, 0.4) is 0 Å². The van der Waals surface area contributed by atoms with Crippen molar-refractivity contribution in [3.8, 4) is 0 Å². The van der Waals surface area contributed by atoms with Crippen LogP contribution in [0.25, 0.3) is 0 Å². The molecule has 0 saturated carbocycles. The van der Waals surface area contributed by atoms with Crippen molar-refractivity contribution in [2.45, 2.75) is 30.2 Å². The van der Waals surface area contributed by atoms with Crippen LogP contribution in [-0.2, 0) is 12.2 Å². The summed E-state index contributed by atoms with van der Waals surface area (Å²) in [6.07, 6.45) is 0.685. The van der Waals surface area contributed by atoms with Crippen LogP contribution in [0.2, 0.25) is 0 Å². The van der Waals surface area contributed by atoms with E-state index in [4.69, 9.17) is 4.42 Å². The molecule has 0 saturated heterocycles. The van der Waals surface area contributed by atoms with E-state index in [0.29, 0.717) is 34.8 Å². The third-order valence-electron chi connectivity index (χ3n) is 3.66. The zero-order valence-electron chi connectivity index (χ0n) is 13.1. The predicted molar refractivity (Wildman–Crippen MR) is 96.5 cm³/mol. The fourth-order valence-electron chi connectivity index (χ4n) is 2.32. The van der Waals surface area contributed by atoms with E-state index in [1.54, 1.807) is 6.07 Å². The van der Waals surface area contributed by atoms with Crippen LogP contribution in [0.4, 0.5) is 4.39 Å². The Hall–Kier alpha value is -1.66. The minimum Gasteiger partial charge on any atom is -0.416 e. The van der Waals surface area contributed by atoms with E-state index in [9.17, 15) is 4.39 Å². The number of rotatable bonds is 6. The van der Waals surface area contributed by atoms with E-state index in [-0.39, 0.29) is 5.82 Å². The van der Waals surface area contributed by atoms with Gasteiger partial charge >= 0.3 is 0 Å². The Morgan fingerprint density at radius 1 is 1.17 bits per heavy atom. The van der Waals surface area contributed by atoms with Crippen LogP contribution in [-0.4, -0.2) is 10.2 Å². The molecule has 0 radical (unpaired) electrons. The number of hydrogen-bond donors (Lipinski definition) is 0. The molecule has 124 valence electrons. The number of aromatic nitrogens is 2. The summed E-state index contributed by atoms with van der Waals surface area (Å²) in [5.41, 5.74) is 1.85. The molecule has 1 atom stereocenters. The van der Waals surface area contributed by atoms with Crippen LogP contribution in [0.5, 0.6) is 0 Å². The second kappa shape index (κ2) is 7.94. The first-order valence-electron chi connectivity index (χ1n) is 7.56. The van der Waals surface area contributed by atoms with Gasteiger partial charge in [-0.05, 0) is 29.2 Å². The predicted octanol–water partition coefficient (Wildman–Crippen LogP) is 5.61. The van der Waals surface area contributed by atoms with Gasteiger partial charge in [-0.25, -0.2) is 4.39 Å². The molecule has 1 aromatic heterocycles. The van der Waals surface area contributed by atoms with Crippen molar-refractivity contribution in [2.24, 2.45) is 0 Å². The molecule has 3 aromatic rings. The van der Waals surface area contributed by atoms with Gasteiger partial charge in [0.15, 0.2) is 0 Å². The molecule has 1 heterocycles. The molecular formula is C18H16BrFN2OS. The number of halogens is 2. The average molecular weight is 407 g/mol. The quantitative estimate of drug-likeness (QED) is 0.498. The first kappa shape index (κ1) is 17.2. The van der Waals surface area contributed by atoms with Gasteiger partial charge in [0.25, 0.3) is 5.22 Å². The maximum atomic E-state index is 13.8. The summed E-state index contributed by atoms with van der Waals surface area (Å²) in [4.78, 5) is 0. The summed E-state index contributed by atoms with van der Waals surface area (Å²) in [5.74, 6) is 1.11. The molecule has 3 rings (SSSR count). The Balaban J connectivity index is 1.59. The number of benzene rings is 2. The topological polar surface area (TPSA) is 38.9 Å². The molecule has 1 unspecified atom stereocenters. The zero-order valence-corrected chi connectivity index (χ0v) is 15.5. The second-order valence-corrected chi connectivity index (χ2v) is 7.34. The molecule has 2 aromatic carbocycles. The normalized spacial score (nSPS) is 12.3. The lowest BCUT2D eigenvalue weighted by atomic mass is 9.98. The third-order valence-corrected chi connectivity index (χ3v) is 5.02. The van der Waals surface area contributed by atoms with Gasteiger partial charge in [0.2, 0.25) is 5.89 Å². The maximum absolute atomic E-state index is 13.8. The zero-order chi connectivity index (χ0) is 16.9. The Labute approximate surface area is 152 Å². The highest BCUT2D eigenvalue weighted by Gasteiger charge is 2.13. The van der Waals surface area contributed by atoms with Crippen LogP contribution in [0, 0.1) is 5.82 Å². The van der Waals surface area contributed by atoms with Gasteiger partial charge in [-0.15, -0.1) is 10.2 Å². The summed E-state index contributed by atoms with van der Waals surface area (Å²) in [7, 11) is 0. The van der Waals surface area contributed by atoms with Gasteiger partial charge in [0.1, 0.15) is 5.82 Å². The minimum absolute atomic E-state index is 0.241. The van der Waals surface area contributed by atoms with Crippen LogP contribution in [0.1, 0.15) is 29.9 Å². The van der Waals surface area contributed by atoms with E-state index in [1.807, 2.05) is 24.3 Å². The lowest BCUT2D eigenvalue weighted by Crippen LogP contribution is -1.98. The number of thioether (sulfide) groups is 1. The highest BCUT2D eigenvalue weighted by molar-refractivity contribution is 9.10. The van der Waals surface area contributed by atoms with Crippen molar-refractivity contribution in [2.75, 3.05) is 0 Å². The molecule has 0 amide bonds. The van der Waals surface area contributed by atoms with E-state index >= 15 is 0 Å². The number of nitrogens with zero attached hydrogens (tertiary/aromatic N) is 2. The first-order chi connectivity index (χ1) is 11.6. The molecular weight excluding hydrogens is 391 g/mol. The van der Waals surface area contributed by atoms with Gasteiger partial charge in [0, 0.05) is 16.6 Å². The number of hydrogen-bond acceptors (Lipinski definition) is 4. The molecule has 24 heavy (non-hydrogen) atoms. The van der Waals surface area contributed by atoms with Crippen molar-refractivity contribution in [1.82, 2.24) is 10.2 Å². The summed E-state index contributed by atoms with van der Waals surface area (Å²) in [5, 5.41) is 8.60. The Morgan fingerprint density at radius 3 is 2.71 bits per heavy atom. The smallest absolute Gasteiger partial charge is 0.276 e. The second-order valence-electron chi connectivity index (χ2n) is 5.50. The van der Waals surface area contributed by atoms with Gasteiger partial charge in [-0.3, -0.25) is 0 Å².